The van der Waals surface area contributed by atoms with E-state index in [1.165, 1.54) is 6.07 Å². The summed E-state index contributed by atoms with van der Waals surface area (Å²) in [5.74, 6) is 0.158. The van der Waals surface area contributed by atoms with Crippen LogP contribution in [0.3, 0.4) is 0 Å². The Kier molecular flexibility index (Phi) is 3.66. The van der Waals surface area contributed by atoms with E-state index in [0.717, 1.165) is 19.3 Å². The maximum atomic E-state index is 10.9. The van der Waals surface area contributed by atoms with Gasteiger partial charge in [0.2, 0.25) is 0 Å². The summed E-state index contributed by atoms with van der Waals surface area (Å²) in [6.07, 6.45) is 2.46. The molecule has 0 spiro atoms. The number of nitrogens with zero attached hydrogens (tertiary/aromatic N) is 1. The average Bonchev–Trinajstić information content (AvgIpc) is 2.71. The third kappa shape index (κ3) is 2.53. The van der Waals surface area contributed by atoms with E-state index in [9.17, 15) is 15.2 Å². The van der Waals surface area contributed by atoms with Crippen molar-refractivity contribution in [3.8, 4) is 0 Å². The van der Waals surface area contributed by atoms with Crippen molar-refractivity contribution in [2.45, 2.75) is 25.4 Å². The van der Waals surface area contributed by atoms with Crippen molar-refractivity contribution >= 4 is 17.1 Å². The van der Waals surface area contributed by atoms with Gasteiger partial charge in [0.15, 0.2) is 0 Å². The van der Waals surface area contributed by atoms with Crippen LogP contribution in [0.4, 0.5) is 17.1 Å². The summed E-state index contributed by atoms with van der Waals surface area (Å²) in [5.41, 5.74) is 6.08. The third-order valence-electron chi connectivity index (χ3n) is 3.42. The highest BCUT2D eigenvalue weighted by molar-refractivity contribution is 5.74. The highest BCUT2D eigenvalue weighted by Gasteiger charge is 2.26. The number of hydrogen-bond acceptors (Lipinski definition) is 5. The maximum absolute atomic E-state index is 10.9. The second-order valence-corrected chi connectivity index (χ2v) is 4.64. The van der Waals surface area contributed by atoms with Gasteiger partial charge in [-0.3, -0.25) is 10.1 Å². The van der Waals surface area contributed by atoms with Gasteiger partial charge in [-0.2, -0.15) is 0 Å². The Morgan fingerprint density at radius 1 is 1.50 bits per heavy atom. The molecule has 18 heavy (non-hydrogen) atoms. The van der Waals surface area contributed by atoms with Crippen LogP contribution in [-0.4, -0.2) is 22.7 Å². The molecule has 1 aliphatic carbocycles. The third-order valence-corrected chi connectivity index (χ3v) is 3.42. The number of hydrogen-bond donors (Lipinski definition) is 3. The number of nitro groups is 1. The molecule has 98 valence electrons. The zero-order valence-electron chi connectivity index (χ0n) is 10.0. The largest absolute Gasteiger partial charge is 0.393 e. The summed E-state index contributed by atoms with van der Waals surface area (Å²) < 4.78 is 0. The van der Waals surface area contributed by atoms with E-state index in [-0.39, 0.29) is 23.4 Å². The van der Waals surface area contributed by atoms with Gasteiger partial charge in [-0.1, -0.05) is 12.5 Å². The first-order valence-electron chi connectivity index (χ1n) is 6.04. The molecule has 0 aromatic heterocycles. The maximum Gasteiger partial charge on any atom is 0.314 e. The van der Waals surface area contributed by atoms with Gasteiger partial charge >= 0.3 is 5.69 Å². The van der Waals surface area contributed by atoms with Gasteiger partial charge < -0.3 is 16.2 Å². The number of benzene rings is 1. The van der Waals surface area contributed by atoms with Crippen molar-refractivity contribution in [1.29, 1.82) is 0 Å². The van der Waals surface area contributed by atoms with Crippen LogP contribution in [0.1, 0.15) is 19.3 Å². The van der Waals surface area contributed by atoms with E-state index in [1.807, 2.05) is 0 Å². The predicted molar refractivity (Wildman–Crippen MR) is 69.3 cm³/mol. The zero-order valence-corrected chi connectivity index (χ0v) is 10.0. The molecule has 1 aromatic rings. The van der Waals surface area contributed by atoms with E-state index < -0.39 is 4.92 Å². The van der Waals surface area contributed by atoms with Gasteiger partial charge in [-0.15, -0.1) is 0 Å². The summed E-state index contributed by atoms with van der Waals surface area (Å²) in [6.45, 7) is 0.533. The van der Waals surface area contributed by atoms with E-state index >= 15 is 0 Å². The van der Waals surface area contributed by atoms with Gasteiger partial charge in [0.05, 0.1) is 11.0 Å². The molecule has 0 aliphatic heterocycles. The molecule has 1 aromatic carbocycles. The zero-order chi connectivity index (χ0) is 13.1. The van der Waals surface area contributed by atoms with Crippen molar-refractivity contribution in [3.05, 3.63) is 28.3 Å². The molecule has 1 saturated carbocycles. The number of aliphatic hydroxyl groups is 1. The molecule has 0 amide bonds. The van der Waals surface area contributed by atoms with Gasteiger partial charge in [0, 0.05) is 12.5 Å². The van der Waals surface area contributed by atoms with Crippen molar-refractivity contribution in [2.24, 2.45) is 5.92 Å². The van der Waals surface area contributed by atoms with Crippen LogP contribution in [0, 0.1) is 16.0 Å². The van der Waals surface area contributed by atoms with Crippen LogP contribution in [0.5, 0.6) is 0 Å². The van der Waals surface area contributed by atoms with Crippen molar-refractivity contribution < 1.29 is 10.0 Å². The minimum atomic E-state index is -0.483. The van der Waals surface area contributed by atoms with Crippen LogP contribution in [-0.2, 0) is 0 Å². The second-order valence-electron chi connectivity index (χ2n) is 4.64. The second kappa shape index (κ2) is 5.22. The molecule has 2 atom stereocenters. The number of rotatable bonds is 4. The Bertz CT molecular complexity index is 450. The number of anilines is 2. The lowest BCUT2D eigenvalue weighted by Crippen LogP contribution is -2.22. The van der Waals surface area contributed by atoms with Crippen LogP contribution in [0.2, 0.25) is 0 Å². The molecule has 0 saturated heterocycles. The Morgan fingerprint density at radius 2 is 2.28 bits per heavy atom. The fraction of sp³-hybridized carbons (Fsp3) is 0.500. The number of nitro benzene ring substituents is 1. The first kappa shape index (κ1) is 12.6. The lowest BCUT2D eigenvalue weighted by molar-refractivity contribution is -0.383. The summed E-state index contributed by atoms with van der Waals surface area (Å²) in [7, 11) is 0. The van der Waals surface area contributed by atoms with Gasteiger partial charge in [0.25, 0.3) is 0 Å². The highest BCUT2D eigenvalue weighted by Crippen LogP contribution is 2.32. The Hall–Kier alpha value is -1.82. The van der Waals surface area contributed by atoms with Crippen LogP contribution in [0.15, 0.2) is 18.2 Å². The summed E-state index contributed by atoms with van der Waals surface area (Å²) in [4.78, 5) is 10.5. The number of para-hydroxylation sites is 1. The highest BCUT2D eigenvalue weighted by atomic mass is 16.6. The fourth-order valence-corrected chi connectivity index (χ4v) is 2.40. The normalized spacial score (nSPS) is 22.9. The fourth-order valence-electron chi connectivity index (χ4n) is 2.40. The van der Waals surface area contributed by atoms with Crippen LogP contribution in [0.25, 0.3) is 0 Å². The lowest BCUT2D eigenvalue weighted by atomic mass is 10.1. The van der Waals surface area contributed by atoms with Crippen molar-refractivity contribution in [1.82, 2.24) is 0 Å². The minimum absolute atomic E-state index is 0.0926. The molecule has 2 rings (SSSR count). The predicted octanol–water partition coefficient (Wildman–Crippen LogP) is 1.75. The van der Waals surface area contributed by atoms with Crippen LogP contribution < -0.4 is 11.1 Å². The first-order chi connectivity index (χ1) is 8.59. The number of nitrogen functional groups attached to an aromatic ring is 1. The molecular weight excluding hydrogens is 234 g/mol. The molecule has 1 fully saturated rings. The topological polar surface area (TPSA) is 101 Å². The van der Waals surface area contributed by atoms with Gasteiger partial charge in [-0.05, 0) is 25.0 Å². The smallest absolute Gasteiger partial charge is 0.314 e. The molecule has 0 radical (unpaired) electrons. The van der Waals surface area contributed by atoms with Crippen molar-refractivity contribution in [3.63, 3.8) is 0 Å². The monoisotopic (exact) mass is 251 g/mol. The molecular formula is C12H17N3O3. The van der Waals surface area contributed by atoms with Crippen LogP contribution >= 0.6 is 0 Å². The molecule has 6 heteroatoms. The Labute approximate surface area is 105 Å². The van der Waals surface area contributed by atoms with Gasteiger partial charge in [0.1, 0.15) is 11.4 Å². The van der Waals surface area contributed by atoms with E-state index in [1.54, 1.807) is 12.1 Å². The molecule has 1 aliphatic rings. The number of aliphatic hydroxyl groups excluding tert-OH is 1. The molecule has 4 N–H and O–H groups in total. The van der Waals surface area contributed by atoms with E-state index in [2.05, 4.69) is 5.32 Å². The summed E-state index contributed by atoms with van der Waals surface area (Å²) >= 11 is 0. The molecule has 0 heterocycles. The van der Waals surface area contributed by atoms with Crippen molar-refractivity contribution in [2.75, 3.05) is 17.6 Å². The SMILES string of the molecule is Nc1cccc(NCC2CCCC2O)c1[N+](=O)[O-]. The quantitative estimate of drug-likeness (QED) is 0.430. The summed E-state index contributed by atoms with van der Waals surface area (Å²) in [6, 6.07) is 4.82. The Morgan fingerprint density at radius 3 is 2.89 bits per heavy atom. The average molecular weight is 251 g/mol. The molecule has 6 nitrogen and oxygen atoms in total. The first-order valence-corrected chi connectivity index (χ1v) is 6.04. The Balaban J connectivity index is 2.09. The van der Waals surface area contributed by atoms with Gasteiger partial charge in [-0.25, -0.2) is 0 Å². The van der Waals surface area contributed by atoms with E-state index in [4.69, 9.17) is 5.73 Å². The number of nitrogens with two attached hydrogens (primary N) is 1. The molecule has 0 bridgehead atoms. The lowest BCUT2D eigenvalue weighted by Gasteiger charge is -2.16. The van der Waals surface area contributed by atoms with E-state index in [0.29, 0.717) is 12.2 Å². The standard InChI is InChI=1S/C12H17N3O3/c13-9-4-2-5-10(12(9)15(17)18)14-7-8-3-1-6-11(8)16/h2,4-5,8,11,14,16H,1,3,6-7,13H2. The summed E-state index contributed by atoms with van der Waals surface area (Å²) in [5, 5.41) is 23.7. The number of nitrogens with one attached hydrogen (secondary N) is 1. The minimum Gasteiger partial charge on any atom is -0.393 e. The molecule has 2 unspecified atom stereocenters.